The first-order valence-electron chi connectivity index (χ1n) is 8.10. The van der Waals surface area contributed by atoms with E-state index in [0.29, 0.717) is 19.0 Å². The number of hydrogen-bond acceptors (Lipinski definition) is 5. The Kier molecular flexibility index (Phi) is 4.93. The lowest BCUT2D eigenvalue weighted by molar-refractivity contribution is -0.125. The second kappa shape index (κ2) is 7.29. The highest BCUT2D eigenvalue weighted by Gasteiger charge is 2.35. The number of ether oxygens (including phenoxy) is 1. The summed E-state index contributed by atoms with van der Waals surface area (Å²) < 4.78 is 5.22. The number of methoxy groups -OCH3 is 1. The van der Waals surface area contributed by atoms with Gasteiger partial charge in [0.15, 0.2) is 0 Å². The van der Waals surface area contributed by atoms with Crippen molar-refractivity contribution in [2.75, 3.05) is 25.1 Å². The monoisotopic (exact) mass is 326 g/mol. The molecule has 0 aliphatic carbocycles. The number of rotatable bonds is 5. The number of carbonyl (C=O) groups is 1. The molecule has 6 nitrogen and oxygen atoms in total. The smallest absolute Gasteiger partial charge is 0.225 e. The lowest BCUT2D eigenvalue weighted by Gasteiger charge is -2.17. The van der Waals surface area contributed by atoms with Crippen LogP contribution < -0.4 is 15.0 Å². The van der Waals surface area contributed by atoms with E-state index in [1.54, 1.807) is 19.5 Å². The van der Waals surface area contributed by atoms with Gasteiger partial charge < -0.3 is 15.0 Å². The van der Waals surface area contributed by atoms with Gasteiger partial charge in [0.25, 0.3) is 0 Å². The summed E-state index contributed by atoms with van der Waals surface area (Å²) in [5.74, 6) is 1.77. The molecule has 0 bridgehead atoms. The van der Waals surface area contributed by atoms with E-state index in [9.17, 15) is 4.79 Å². The molecular weight excluding hydrogens is 304 g/mol. The zero-order chi connectivity index (χ0) is 16.9. The molecule has 1 N–H and O–H groups in total. The number of nitrogens with one attached hydrogen (secondary N) is 1. The third kappa shape index (κ3) is 3.48. The van der Waals surface area contributed by atoms with Gasteiger partial charge >= 0.3 is 0 Å². The van der Waals surface area contributed by atoms with Gasteiger partial charge in [-0.25, -0.2) is 9.97 Å². The zero-order valence-corrected chi connectivity index (χ0v) is 14.0. The summed E-state index contributed by atoms with van der Waals surface area (Å²) in [5.41, 5.74) is 0.876. The minimum absolute atomic E-state index is 0.0466. The Labute approximate surface area is 141 Å². The Hall–Kier alpha value is -2.63. The van der Waals surface area contributed by atoms with Crippen LogP contribution in [0.5, 0.6) is 5.88 Å². The van der Waals surface area contributed by atoms with E-state index in [-0.39, 0.29) is 17.7 Å². The van der Waals surface area contributed by atoms with Crippen LogP contribution in [0, 0.1) is 11.8 Å². The number of nitrogens with zero attached hydrogens (tertiary/aromatic N) is 3. The van der Waals surface area contributed by atoms with E-state index in [1.807, 2.05) is 30.3 Å². The lowest BCUT2D eigenvalue weighted by Crippen LogP contribution is -2.34. The highest BCUT2D eigenvalue weighted by atomic mass is 16.5. The molecule has 0 saturated carbocycles. The maximum absolute atomic E-state index is 12.6. The molecule has 1 amide bonds. The van der Waals surface area contributed by atoms with Crippen molar-refractivity contribution in [2.45, 2.75) is 13.5 Å². The molecule has 0 spiro atoms. The van der Waals surface area contributed by atoms with Gasteiger partial charge in [0.1, 0.15) is 5.82 Å². The Balaban J connectivity index is 1.61. The van der Waals surface area contributed by atoms with Crippen molar-refractivity contribution >= 4 is 11.7 Å². The summed E-state index contributed by atoms with van der Waals surface area (Å²) in [6.07, 6.45) is 3.45. The van der Waals surface area contributed by atoms with E-state index in [2.05, 4.69) is 27.1 Å². The molecular formula is C18H22N4O2. The molecule has 0 unspecified atom stereocenters. The topological polar surface area (TPSA) is 67.3 Å². The Morgan fingerprint density at radius 3 is 2.83 bits per heavy atom. The number of pyridine rings is 2. The van der Waals surface area contributed by atoms with Crippen LogP contribution in [-0.2, 0) is 11.3 Å². The Morgan fingerprint density at radius 1 is 1.25 bits per heavy atom. The minimum atomic E-state index is -0.0466. The van der Waals surface area contributed by atoms with Crippen molar-refractivity contribution in [1.82, 2.24) is 15.3 Å². The highest BCUT2D eigenvalue weighted by Crippen LogP contribution is 2.27. The SMILES string of the molecule is COc1ncccc1CNC(=O)[C@@H]1CN(c2ccccn2)C[C@H]1C. The predicted molar refractivity (Wildman–Crippen MR) is 91.7 cm³/mol. The van der Waals surface area contributed by atoms with Crippen LogP contribution in [0.25, 0.3) is 0 Å². The van der Waals surface area contributed by atoms with Crippen LogP contribution in [0.15, 0.2) is 42.7 Å². The van der Waals surface area contributed by atoms with Gasteiger partial charge in [0.05, 0.1) is 13.0 Å². The maximum atomic E-state index is 12.6. The van der Waals surface area contributed by atoms with Crippen LogP contribution in [0.4, 0.5) is 5.82 Å². The summed E-state index contributed by atoms with van der Waals surface area (Å²) in [7, 11) is 1.58. The lowest BCUT2D eigenvalue weighted by atomic mass is 9.97. The molecule has 0 aromatic carbocycles. The molecule has 1 saturated heterocycles. The molecule has 24 heavy (non-hydrogen) atoms. The van der Waals surface area contributed by atoms with Crippen LogP contribution in [0.3, 0.4) is 0 Å². The van der Waals surface area contributed by atoms with Crippen molar-refractivity contribution < 1.29 is 9.53 Å². The summed E-state index contributed by atoms with van der Waals surface area (Å²) in [4.78, 5) is 23.3. The first kappa shape index (κ1) is 16.2. The highest BCUT2D eigenvalue weighted by molar-refractivity contribution is 5.80. The number of carbonyl (C=O) groups excluding carboxylic acids is 1. The molecule has 126 valence electrons. The van der Waals surface area contributed by atoms with E-state index in [4.69, 9.17) is 4.74 Å². The number of aromatic nitrogens is 2. The fraction of sp³-hybridized carbons (Fsp3) is 0.389. The molecule has 2 aromatic heterocycles. The molecule has 1 aliphatic rings. The molecule has 0 radical (unpaired) electrons. The van der Waals surface area contributed by atoms with Gasteiger partial charge in [0, 0.05) is 37.6 Å². The van der Waals surface area contributed by atoms with E-state index in [1.165, 1.54) is 0 Å². The molecule has 3 heterocycles. The summed E-state index contributed by atoms with van der Waals surface area (Å²) >= 11 is 0. The summed E-state index contributed by atoms with van der Waals surface area (Å²) in [6, 6.07) is 9.59. The molecule has 2 aromatic rings. The third-order valence-corrected chi connectivity index (χ3v) is 4.42. The van der Waals surface area contributed by atoms with Crippen LogP contribution in [0.2, 0.25) is 0 Å². The van der Waals surface area contributed by atoms with Gasteiger partial charge in [-0.1, -0.05) is 19.1 Å². The molecule has 6 heteroatoms. The van der Waals surface area contributed by atoms with Crippen LogP contribution in [-0.4, -0.2) is 36.1 Å². The van der Waals surface area contributed by atoms with Gasteiger partial charge in [-0.15, -0.1) is 0 Å². The van der Waals surface area contributed by atoms with Gasteiger partial charge in [0.2, 0.25) is 11.8 Å². The van der Waals surface area contributed by atoms with E-state index < -0.39 is 0 Å². The standard InChI is InChI=1S/C18H22N4O2/c1-13-11-22(16-7-3-4-8-19-16)12-15(13)17(23)21-10-14-6-5-9-20-18(14)24-2/h3-9,13,15H,10-12H2,1-2H3,(H,21,23)/t13-,15-/m1/s1. The van der Waals surface area contributed by atoms with Crippen LogP contribution in [0.1, 0.15) is 12.5 Å². The first-order valence-corrected chi connectivity index (χ1v) is 8.10. The average molecular weight is 326 g/mol. The second-order valence-corrected chi connectivity index (χ2v) is 6.07. The molecule has 2 atom stereocenters. The van der Waals surface area contributed by atoms with Crippen molar-refractivity contribution in [2.24, 2.45) is 11.8 Å². The van der Waals surface area contributed by atoms with Crippen molar-refractivity contribution in [3.05, 3.63) is 48.3 Å². The zero-order valence-electron chi connectivity index (χ0n) is 14.0. The normalized spacial score (nSPS) is 20.0. The molecule has 1 aliphatic heterocycles. The van der Waals surface area contributed by atoms with Crippen molar-refractivity contribution in [3.8, 4) is 5.88 Å². The molecule has 3 rings (SSSR count). The quantitative estimate of drug-likeness (QED) is 0.908. The molecule has 1 fully saturated rings. The van der Waals surface area contributed by atoms with Crippen molar-refractivity contribution in [3.63, 3.8) is 0 Å². The third-order valence-electron chi connectivity index (χ3n) is 4.42. The van der Waals surface area contributed by atoms with E-state index in [0.717, 1.165) is 17.9 Å². The van der Waals surface area contributed by atoms with Gasteiger partial charge in [-0.3, -0.25) is 4.79 Å². The summed E-state index contributed by atoms with van der Waals surface area (Å²) in [6.45, 7) is 4.06. The fourth-order valence-corrected chi connectivity index (χ4v) is 3.09. The predicted octanol–water partition coefficient (Wildman–Crippen LogP) is 1.87. The minimum Gasteiger partial charge on any atom is -0.481 e. The van der Waals surface area contributed by atoms with Crippen LogP contribution >= 0.6 is 0 Å². The number of hydrogen-bond donors (Lipinski definition) is 1. The number of amides is 1. The first-order chi connectivity index (χ1) is 11.7. The maximum Gasteiger partial charge on any atom is 0.225 e. The second-order valence-electron chi connectivity index (χ2n) is 6.07. The summed E-state index contributed by atoms with van der Waals surface area (Å²) in [5, 5.41) is 3.01. The van der Waals surface area contributed by atoms with Crippen molar-refractivity contribution in [1.29, 1.82) is 0 Å². The van der Waals surface area contributed by atoms with Gasteiger partial charge in [-0.2, -0.15) is 0 Å². The Morgan fingerprint density at radius 2 is 2.08 bits per heavy atom. The largest absolute Gasteiger partial charge is 0.481 e. The Bertz CT molecular complexity index is 692. The average Bonchev–Trinajstić information content (AvgIpc) is 3.02. The fourth-order valence-electron chi connectivity index (χ4n) is 3.09. The number of anilines is 1. The van der Waals surface area contributed by atoms with Gasteiger partial charge in [-0.05, 0) is 24.1 Å². The van der Waals surface area contributed by atoms with E-state index >= 15 is 0 Å².